The maximum atomic E-state index is 6.34. The monoisotopic (exact) mass is 197 g/mol. The molecule has 1 rings (SSSR count). The van der Waals surface area contributed by atoms with Gasteiger partial charge in [0.2, 0.25) is 0 Å². The highest BCUT2D eigenvalue weighted by molar-refractivity contribution is 7.07. The van der Waals surface area contributed by atoms with Crippen LogP contribution in [0.4, 0.5) is 0 Å². The van der Waals surface area contributed by atoms with Crippen molar-refractivity contribution < 1.29 is 0 Å². The van der Waals surface area contributed by atoms with Gasteiger partial charge in [-0.3, -0.25) is 0 Å². The van der Waals surface area contributed by atoms with Crippen molar-refractivity contribution in [3.63, 3.8) is 0 Å². The van der Waals surface area contributed by atoms with Crippen LogP contribution in [0.3, 0.4) is 0 Å². The minimum atomic E-state index is -0.0267. The summed E-state index contributed by atoms with van der Waals surface area (Å²) in [6.07, 6.45) is 2.05. The van der Waals surface area contributed by atoms with Gasteiger partial charge in [-0.15, -0.1) is 0 Å². The van der Waals surface area contributed by atoms with Crippen LogP contribution < -0.4 is 5.73 Å². The molecular weight excluding hydrogens is 178 g/mol. The number of hydrogen-bond donors (Lipinski definition) is 1. The molecule has 2 heteroatoms. The maximum Gasteiger partial charge on any atom is 0.0216 e. The molecule has 1 unspecified atom stereocenters. The van der Waals surface area contributed by atoms with Crippen molar-refractivity contribution in [2.75, 3.05) is 0 Å². The van der Waals surface area contributed by atoms with Crippen molar-refractivity contribution in [1.82, 2.24) is 0 Å². The van der Waals surface area contributed by atoms with Crippen molar-refractivity contribution in [3.05, 3.63) is 22.4 Å². The summed E-state index contributed by atoms with van der Waals surface area (Å²) >= 11 is 1.75. The van der Waals surface area contributed by atoms with Gasteiger partial charge in [0.25, 0.3) is 0 Å². The summed E-state index contributed by atoms with van der Waals surface area (Å²) < 4.78 is 0. The van der Waals surface area contributed by atoms with E-state index in [2.05, 4.69) is 37.6 Å². The van der Waals surface area contributed by atoms with Crippen LogP contribution in [0.2, 0.25) is 0 Å². The third kappa shape index (κ3) is 2.55. The Morgan fingerprint density at radius 1 is 1.54 bits per heavy atom. The fourth-order valence-electron chi connectivity index (χ4n) is 1.51. The van der Waals surface area contributed by atoms with E-state index in [0.29, 0.717) is 5.92 Å². The molecule has 0 bridgehead atoms. The zero-order valence-corrected chi connectivity index (χ0v) is 9.53. The second kappa shape index (κ2) is 4.25. The van der Waals surface area contributed by atoms with E-state index < -0.39 is 0 Å². The van der Waals surface area contributed by atoms with Gasteiger partial charge < -0.3 is 5.73 Å². The van der Waals surface area contributed by atoms with Gasteiger partial charge in [-0.1, -0.05) is 20.8 Å². The summed E-state index contributed by atoms with van der Waals surface area (Å²) in [6, 6.07) is 2.17. The van der Waals surface area contributed by atoms with E-state index in [1.807, 2.05) is 0 Å². The SMILES string of the molecule is CCC(N)(Cc1ccsc1)C(C)C. The van der Waals surface area contributed by atoms with Gasteiger partial charge >= 0.3 is 0 Å². The van der Waals surface area contributed by atoms with Crippen LogP contribution >= 0.6 is 11.3 Å². The average Bonchev–Trinajstić information content (AvgIpc) is 2.56. The normalized spacial score (nSPS) is 16.1. The van der Waals surface area contributed by atoms with E-state index in [1.165, 1.54) is 5.56 Å². The number of hydrogen-bond acceptors (Lipinski definition) is 2. The van der Waals surface area contributed by atoms with E-state index in [4.69, 9.17) is 5.73 Å². The number of nitrogens with two attached hydrogens (primary N) is 1. The molecule has 2 N–H and O–H groups in total. The van der Waals surface area contributed by atoms with Gasteiger partial charge in [0.15, 0.2) is 0 Å². The Balaban J connectivity index is 2.69. The Kier molecular flexibility index (Phi) is 3.51. The molecular formula is C11H19NS. The summed E-state index contributed by atoms with van der Waals surface area (Å²) in [4.78, 5) is 0. The maximum absolute atomic E-state index is 6.34. The molecule has 1 heterocycles. The van der Waals surface area contributed by atoms with Crippen molar-refractivity contribution in [1.29, 1.82) is 0 Å². The topological polar surface area (TPSA) is 26.0 Å². The molecule has 0 saturated heterocycles. The van der Waals surface area contributed by atoms with Crippen LogP contribution in [0.5, 0.6) is 0 Å². The van der Waals surface area contributed by atoms with Gasteiger partial charge in [-0.2, -0.15) is 11.3 Å². The van der Waals surface area contributed by atoms with Gasteiger partial charge in [-0.25, -0.2) is 0 Å². The zero-order valence-electron chi connectivity index (χ0n) is 8.71. The Labute approximate surface area is 85.0 Å². The van der Waals surface area contributed by atoms with Gasteiger partial charge in [0, 0.05) is 5.54 Å². The molecule has 0 fully saturated rings. The molecule has 1 atom stereocenters. The predicted octanol–water partition coefficient (Wildman–Crippen LogP) is 3.05. The molecule has 74 valence electrons. The van der Waals surface area contributed by atoms with Crippen LogP contribution in [-0.2, 0) is 6.42 Å². The molecule has 0 amide bonds. The summed E-state index contributed by atoms with van der Waals surface area (Å²) in [5.74, 6) is 0.539. The molecule has 0 radical (unpaired) electrons. The second-order valence-electron chi connectivity index (χ2n) is 4.05. The lowest BCUT2D eigenvalue weighted by molar-refractivity contribution is 0.296. The van der Waals surface area contributed by atoms with Crippen LogP contribution in [0.15, 0.2) is 16.8 Å². The summed E-state index contributed by atoms with van der Waals surface area (Å²) in [7, 11) is 0. The Morgan fingerprint density at radius 3 is 2.62 bits per heavy atom. The molecule has 0 spiro atoms. The lowest BCUT2D eigenvalue weighted by atomic mass is 9.80. The summed E-state index contributed by atoms with van der Waals surface area (Å²) in [5, 5.41) is 4.31. The largest absolute Gasteiger partial charge is 0.325 e. The van der Waals surface area contributed by atoms with Gasteiger partial charge in [0.05, 0.1) is 0 Å². The van der Waals surface area contributed by atoms with E-state index in [1.54, 1.807) is 11.3 Å². The molecule has 0 saturated carbocycles. The number of thiophene rings is 1. The molecule has 13 heavy (non-hydrogen) atoms. The van der Waals surface area contributed by atoms with Gasteiger partial charge in [-0.05, 0) is 41.1 Å². The zero-order chi connectivity index (χ0) is 9.90. The Bertz CT molecular complexity index is 241. The standard InChI is InChI=1S/C11H19NS/c1-4-11(12,9(2)3)7-10-5-6-13-8-10/h5-6,8-9H,4,7,12H2,1-3H3. The smallest absolute Gasteiger partial charge is 0.0216 e. The first-order valence-corrected chi connectivity index (χ1v) is 5.82. The Hall–Kier alpha value is -0.340. The average molecular weight is 197 g/mol. The van der Waals surface area contributed by atoms with Crippen molar-refractivity contribution in [3.8, 4) is 0 Å². The Morgan fingerprint density at radius 2 is 2.23 bits per heavy atom. The summed E-state index contributed by atoms with van der Waals surface area (Å²) in [5.41, 5.74) is 7.69. The quantitative estimate of drug-likeness (QED) is 0.789. The third-order valence-corrected chi connectivity index (χ3v) is 3.65. The molecule has 0 aliphatic carbocycles. The fraction of sp³-hybridized carbons (Fsp3) is 0.636. The highest BCUT2D eigenvalue weighted by Crippen LogP contribution is 2.24. The lowest BCUT2D eigenvalue weighted by Gasteiger charge is -2.32. The van der Waals surface area contributed by atoms with Crippen molar-refractivity contribution in [2.45, 2.75) is 39.2 Å². The fourth-order valence-corrected chi connectivity index (χ4v) is 2.18. The van der Waals surface area contributed by atoms with E-state index in [0.717, 1.165) is 12.8 Å². The molecule has 1 aromatic rings. The first kappa shape index (κ1) is 10.7. The minimum Gasteiger partial charge on any atom is -0.325 e. The van der Waals surface area contributed by atoms with E-state index in [-0.39, 0.29) is 5.54 Å². The van der Waals surface area contributed by atoms with Crippen molar-refractivity contribution >= 4 is 11.3 Å². The molecule has 0 aliphatic rings. The van der Waals surface area contributed by atoms with E-state index >= 15 is 0 Å². The molecule has 1 aromatic heterocycles. The van der Waals surface area contributed by atoms with Crippen LogP contribution in [0, 0.1) is 5.92 Å². The first-order valence-electron chi connectivity index (χ1n) is 4.88. The highest BCUT2D eigenvalue weighted by atomic mass is 32.1. The molecule has 1 nitrogen and oxygen atoms in total. The lowest BCUT2D eigenvalue weighted by Crippen LogP contribution is -2.46. The molecule has 0 aliphatic heterocycles. The predicted molar refractivity (Wildman–Crippen MR) is 60.1 cm³/mol. The highest BCUT2D eigenvalue weighted by Gasteiger charge is 2.26. The van der Waals surface area contributed by atoms with Crippen LogP contribution in [0.1, 0.15) is 32.8 Å². The summed E-state index contributed by atoms with van der Waals surface area (Å²) in [6.45, 7) is 6.58. The minimum absolute atomic E-state index is 0.0267. The number of rotatable bonds is 4. The third-order valence-electron chi connectivity index (χ3n) is 2.92. The first-order chi connectivity index (χ1) is 6.08. The van der Waals surface area contributed by atoms with Crippen LogP contribution in [-0.4, -0.2) is 5.54 Å². The van der Waals surface area contributed by atoms with E-state index in [9.17, 15) is 0 Å². The van der Waals surface area contributed by atoms with Crippen molar-refractivity contribution in [2.24, 2.45) is 11.7 Å². The second-order valence-corrected chi connectivity index (χ2v) is 4.83. The van der Waals surface area contributed by atoms with Gasteiger partial charge in [0.1, 0.15) is 0 Å². The van der Waals surface area contributed by atoms with Crippen LogP contribution in [0.25, 0.3) is 0 Å². The molecule has 0 aromatic carbocycles.